The molecule has 0 aliphatic heterocycles. The van der Waals surface area contributed by atoms with E-state index >= 15 is 0 Å². The van der Waals surface area contributed by atoms with Crippen molar-refractivity contribution in [2.24, 2.45) is 0 Å². The maximum Gasteiger partial charge on any atom is 0.0640 e. The van der Waals surface area contributed by atoms with Gasteiger partial charge >= 0.3 is 0 Å². The Hall–Kier alpha value is -4.67. The van der Waals surface area contributed by atoms with Crippen LogP contribution in [0.15, 0.2) is 146 Å². The van der Waals surface area contributed by atoms with Crippen molar-refractivity contribution in [3.05, 3.63) is 151 Å². The summed E-state index contributed by atoms with van der Waals surface area (Å²) in [5.41, 5.74) is 5.90. The van der Waals surface area contributed by atoms with Gasteiger partial charge in [0.05, 0.1) is 30.5 Å². The largest absolute Gasteiger partial charge is 0.308 e. The topological polar surface area (TPSA) is 3.24 Å². The van der Waals surface area contributed by atoms with Crippen LogP contribution in [-0.2, 0) is 0 Å². The van der Waals surface area contributed by atoms with Crippen LogP contribution in [0, 0.1) is 0 Å². The lowest BCUT2D eigenvalue weighted by Gasteiger charge is -2.27. The van der Waals surface area contributed by atoms with E-state index in [4.69, 9.17) is 11.6 Å². The second kappa shape index (κ2) is 10.2. The van der Waals surface area contributed by atoms with E-state index in [-0.39, 0.29) is 0 Å². The first-order valence-electron chi connectivity index (χ1n) is 14.6. The molecule has 7 aromatic carbocycles. The molecule has 2 heterocycles. The van der Waals surface area contributed by atoms with Crippen LogP contribution in [0.5, 0.6) is 0 Å². The molecule has 0 radical (unpaired) electrons. The summed E-state index contributed by atoms with van der Waals surface area (Å²) < 4.78 is 4.94. The van der Waals surface area contributed by atoms with Crippen molar-refractivity contribution in [3.8, 4) is 11.1 Å². The summed E-state index contributed by atoms with van der Waals surface area (Å²) in [5.74, 6) is 0. The molecular weight excluding hydrogens is 594 g/mol. The average molecular weight is 618 g/mol. The molecule has 0 bridgehead atoms. The standard InChI is InChI=1S/C40H24ClNS2/c41-34-17-6-14-32-33-16-8-19-36(40(33)44-38(32)34)42(35-18-7-15-31-30-12-3-4-20-37(30)43-39(31)35)27-23-21-26(22-24-27)29-13-5-10-25-9-1-2-11-28(25)29/h1-24H. The monoisotopic (exact) mass is 617 g/mol. The van der Waals surface area contributed by atoms with Crippen molar-refractivity contribution in [2.45, 2.75) is 0 Å². The quantitative estimate of drug-likeness (QED) is 0.190. The Morgan fingerprint density at radius 2 is 1.00 bits per heavy atom. The van der Waals surface area contributed by atoms with Gasteiger partial charge in [-0.2, -0.15) is 0 Å². The molecule has 9 aromatic rings. The summed E-state index contributed by atoms with van der Waals surface area (Å²) >= 11 is 10.4. The van der Waals surface area contributed by atoms with Gasteiger partial charge in [0.15, 0.2) is 0 Å². The third-order valence-corrected chi connectivity index (χ3v) is 11.5. The van der Waals surface area contributed by atoms with E-state index in [1.54, 1.807) is 11.3 Å². The molecule has 0 spiro atoms. The Morgan fingerprint density at radius 1 is 0.432 bits per heavy atom. The smallest absolute Gasteiger partial charge is 0.0640 e. The van der Waals surface area contributed by atoms with Crippen molar-refractivity contribution >= 4 is 102 Å². The molecular formula is C40H24ClNS2. The number of halogens is 1. The molecule has 1 nitrogen and oxygen atoms in total. The van der Waals surface area contributed by atoms with Crippen molar-refractivity contribution in [3.63, 3.8) is 0 Å². The zero-order valence-corrected chi connectivity index (χ0v) is 25.9. The van der Waals surface area contributed by atoms with Crippen molar-refractivity contribution in [1.29, 1.82) is 0 Å². The maximum absolute atomic E-state index is 6.73. The third kappa shape index (κ3) is 3.98. The molecule has 0 N–H and O–H groups in total. The summed E-state index contributed by atoms with van der Waals surface area (Å²) in [7, 11) is 0. The molecule has 4 heteroatoms. The Morgan fingerprint density at radius 3 is 1.80 bits per heavy atom. The number of rotatable bonds is 4. The van der Waals surface area contributed by atoms with E-state index in [0.717, 1.165) is 21.1 Å². The fourth-order valence-corrected chi connectivity index (χ4v) is 9.24. The van der Waals surface area contributed by atoms with Gasteiger partial charge in [0.25, 0.3) is 0 Å². The van der Waals surface area contributed by atoms with Gasteiger partial charge in [-0.25, -0.2) is 0 Å². The first kappa shape index (κ1) is 25.8. The van der Waals surface area contributed by atoms with E-state index in [2.05, 4.69) is 138 Å². The van der Waals surface area contributed by atoms with Crippen molar-refractivity contribution in [1.82, 2.24) is 0 Å². The minimum atomic E-state index is 0.798. The van der Waals surface area contributed by atoms with Crippen LogP contribution in [0.1, 0.15) is 0 Å². The highest BCUT2D eigenvalue weighted by Crippen LogP contribution is 2.49. The Bertz CT molecular complexity index is 2520. The molecule has 0 amide bonds. The van der Waals surface area contributed by atoms with Gasteiger partial charge < -0.3 is 4.90 Å². The lowest BCUT2D eigenvalue weighted by Crippen LogP contribution is -2.10. The van der Waals surface area contributed by atoms with E-state index in [1.165, 1.54) is 63.2 Å². The minimum absolute atomic E-state index is 0.798. The van der Waals surface area contributed by atoms with Crippen LogP contribution in [0.4, 0.5) is 17.1 Å². The van der Waals surface area contributed by atoms with E-state index in [1.807, 2.05) is 23.5 Å². The van der Waals surface area contributed by atoms with E-state index in [9.17, 15) is 0 Å². The summed E-state index contributed by atoms with van der Waals surface area (Å²) in [6, 6.07) is 52.5. The highest BCUT2D eigenvalue weighted by atomic mass is 35.5. The number of anilines is 3. The Balaban J connectivity index is 1.30. The maximum atomic E-state index is 6.73. The number of hydrogen-bond acceptors (Lipinski definition) is 3. The predicted molar refractivity (Wildman–Crippen MR) is 195 cm³/mol. The van der Waals surface area contributed by atoms with Gasteiger partial charge in [-0.1, -0.05) is 121 Å². The van der Waals surface area contributed by atoms with Crippen LogP contribution in [0.25, 0.3) is 62.2 Å². The number of thiophene rings is 2. The van der Waals surface area contributed by atoms with Gasteiger partial charge in [0.2, 0.25) is 0 Å². The van der Waals surface area contributed by atoms with E-state index < -0.39 is 0 Å². The number of fused-ring (bicyclic) bond motifs is 7. The molecule has 208 valence electrons. The first-order valence-corrected chi connectivity index (χ1v) is 16.6. The number of benzene rings is 7. The van der Waals surface area contributed by atoms with Crippen LogP contribution in [0.2, 0.25) is 5.02 Å². The van der Waals surface area contributed by atoms with Gasteiger partial charge in [-0.15, -0.1) is 22.7 Å². The highest BCUT2D eigenvalue weighted by molar-refractivity contribution is 7.27. The van der Waals surface area contributed by atoms with Crippen LogP contribution < -0.4 is 4.90 Å². The normalized spacial score (nSPS) is 11.8. The molecule has 0 saturated heterocycles. The lowest BCUT2D eigenvalue weighted by molar-refractivity contribution is 1.32. The fourth-order valence-electron chi connectivity index (χ4n) is 6.53. The molecule has 0 aliphatic carbocycles. The summed E-state index contributed by atoms with van der Waals surface area (Å²) in [5, 5.41) is 8.33. The molecule has 2 aromatic heterocycles. The van der Waals surface area contributed by atoms with Gasteiger partial charge in [-0.3, -0.25) is 0 Å². The SMILES string of the molecule is Clc1cccc2c1sc1c(N(c3ccc(-c4cccc5ccccc45)cc3)c3cccc4c3sc3ccccc34)cccc12. The zero-order valence-electron chi connectivity index (χ0n) is 23.5. The average Bonchev–Trinajstić information content (AvgIpc) is 3.66. The molecule has 0 unspecified atom stereocenters. The van der Waals surface area contributed by atoms with Crippen LogP contribution in [0.3, 0.4) is 0 Å². The second-order valence-corrected chi connectivity index (χ2v) is 13.5. The molecule has 0 atom stereocenters. The van der Waals surface area contributed by atoms with Crippen LogP contribution in [-0.4, -0.2) is 0 Å². The third-order valence-electron chi connectivity index (χ3n) is 8.55. The van der Waals surface area contributed by atoms with Gasteiger partial charge in [-0.05, 0) is 58.3 Å². The summed E-state index contributed by atoms with van der Waals surface area (Å²) in [4.78, 5) is 2.44. The fraction of sp³-hybridized carbons (Fsp3) is 0. The predicted octanol–water partition coefficient (Wildman–Crippen LogP) is 13.4. The van der Waals surface area contributed by atoms with Gasteiger partial charge in [0.1, 0.15) is 0 Å². The molecule has 44 heavy (non-hydrogen) atoms. The highest BCUT2D eigenvalue weighted by Gasteiger charge is 2.22. The molecule has 9 rings (SSSR count). The molecule has 0 saturated carbocycles. The Labute approximate surface area is 267 Å². The van der Waals surface area contributed by atoms with Gasteiger partial charge in [0, 0.05) is 31.9 Å². The second-order valence-electron chi connectivity index (χ2n) is 11.0. The molecule has 0 fully saturated rings. The first-order chi connectivity index (χ1) is 21.7. The summed E-state index contributed by atoms with van der Waals surface area (Å²) in [6.07, 6.45) is 0. The zero-order chi connectivity index (χ0) is 29.2. The lowest BCUT2D eigenvalue weighted by atomic mass is 9.98. The molecule has 0 aliphatic rings. The summed E-state index contributed by atoms with van der Waals surface area (Å²) in [6.45, 7) is 0. The Kier molecular flexibility index (Phi) is 5.99. The number of nitrogens with zero attached hydrogens (tertiary/aromatic N) is 1. The van der Waals surface area contributed by atoms with E-state index in [0.29, 0.717) is 0 Å². The van der Waals surface area contributed by atoms with Crippen molar-refractivity contribution < 1.29 is 0 Å². The number of hydrogen-bond donors (Lipinski definition) is 0. The van der Waals surface area contributed by atoms with Crippen molar-refractivity contribution in [2.75, 3.05) is 4.90 Å². The van der Waals surface area contributed by atoms with Crippen LogP contribution >= 0.6 is 34.3 Å². The minimum Gasteiger partial charge on any atom is -0.308 e.